The lowest BCUT2D eigenvalue weighted by molar-refractivity contribution is 0.663. The Kier molecular flexibility index (Phi) is 3.42. The Morgan fingerprint density at radius 2 is 2.43 bits per heavy atom. The molecule has 1 saturated heterocycles. The van der Waals surface area contributed by atoms with Gasteiger partial charge in [-0.2, -0.15) is 16.9 Å². The summed E-state index contributed by atoms with van der Waals surface area (Å²) < 4.78 is 0. The number of nitrogens with one attached hydrogen (secondary N) is 1. The van der Waals surface area contributed by atoms with Crippen molar-refractivity contribution < 1.29 is 0 Å². The first-order chi connectivity index (χ1) is 6.90. The first-order valence-electron chi connectivity index (χ1n) is 5.13. The van der Waals surface area contributed by atoms with Gasteiger partial charge in [0.2, 0.25) is 0 Å². The predicted molar refractivity (Wildman–Crippen MR) is 58.2 cm³/mol. The maximum absolute atomic E-state index is 5.46. The van der Waals surface area contributed by atoms with Crippen LogP contribution in [-0.2, 0) is 6.42 Å². The second-order valence-electron chi connectivity index (χ2n) is 3.53. The Morgan fingerprint density at radius 3 is 3.14 bits per heavy atom. The summed E-state index contributed by atoms with van der Waals surface area (Å²) >= 11 is 1.97. The number of H-pyrrole nitrogens is 1. The van der Waals surface area contributed by atoms with Crippen LogP contribution < -0.4 is 5.73 Å². The van der Waals surface area contributed by atoms with Gasteiger partial charge in [-0.1, -0.05) is 6.42 Å². The molecule has 1 aliphatic rings. The van der Waals surface area contributed by atoms with Crippen LogP contribution in [0.4, 0.5) is 0 Å². The molecule has 5 heteroatoms. The van der Waals surface area contributed by atoms with Gasteiger partial charge in [0.25, 0.3) is 0 Å². The molecule has 2 rings (SSSR count). The van der Waals surface area contributed by atoms with Gasteiger partial charge in [0.05, 0.1) is 5.25 Å². The number of aromatic amines is 1. The maximum atomic E-state index is 5.46. The highest BCUT2D eigenvalue weighted by Gasteiger charge is 2.19. The summed E-state index contributed by atoms with van der Waals surface area (Å²) in [6.07, 6.45) is 4.65. The van der Waals surface area contributed by atoms with Crippen LogP contribution in [0.15, 0.2) is 0 Å². The second-order valence-corrected chi connectivity index (χ2v) is 4.84. The zero-order valence-electron chi connectivity index (χ0n) is 8.20. The molecule has 0 aliphatic carbocycles. The highest BCUT2D eigenvalue weighted by Crippen LogP contribution is 2.36. The smallest absolute Gasteiger partial charge is 0.163 e. The van der Waals surface area contributed by atoms with Gasteiger partial charge in [0.1, 0.15) is 5.82 Å². The highest BCUT2D eigenvalue weighted by atomic mass is 32.2. The lowest BCUT2D eigenvalue weighted by atomic mass is 10.2. The lowest BCUT2D eigenvalue weighted by Crippen LogP contribution is -2.05. The molecule has 3 N–H and O–H groups in total. The fourth-order valence-electron chi connectivity index (χ4n) is 1.65. The minimum atomic E-state index is 0.506. The van der Waals surface area contributed by atoms with Crippen LogP contribution in [0.2, 0.25) is 0 Å². The van der Waals surface area contributed by atoms with E-state index in [0.717, 1.165) is 18.1 Å². The van der Waals surface area contributed by atoms with Crippen LogP contribution in [0.5, 0.6) is 0 Å². The number of nitrogens with two attached hydrogens (primary N) is 1. The fraction of sp³-hybridized carbons (Fsp3) is 0.778. The summed E-state index contributed by atoms with van der Waals surface area (Å²) in [5, 5.41) is 7.70. The van der Waals surface area contributed by atoms with Crippen LogP contribution in [0, 0.1) is 0 Å². The molecule has 1 aromatic heterocycles. The van der Waals surface area contributed by atoms with Gasteiger partial charge in [0, 0.05) is 6.42 Å². The molecular weight excluding hydrogens is 196 g/mol. The van der Waals surface area contributed by atoms with Crippen molar-refractivity contribution in [2.45, 2.75) is 30.9 Å². The van der Waals surface area contributed by atoms with E-state index in [1.54, 1.807) is 0 Å². The molecule has 1 aliphatic heterocycles. The van der Waals surface area contributed by atoms with E-state index in [1.165, 1.54) is 25.0 Å². The van der Waals surface area contributed by atoms with Crippen LogP contribution in [-0.4, -0.2) is 27.5 Å². The number of aromatic nitrogens is 3. The summed E-state index contributed by atoms with van der Waals surface area (Å²) in [6.45, 7) is 0.631. The average Bonchev–Trinajstić information content (AvgIpc) is 2.68. The van der Waals surface area contributed by atoms with Crippen molar-refractivity contribution in [2.75, 3.05) is 12.3 Å². The highest BCUT2D eigenvalue weighted by molar-refractivity contribution is 7.99. The molecule has 1 aromatic rings. The standard InChI is InChI=1S/C9H16N4S/c10-5-4-8-11-9(13-12-8)7-3-1-2-6-14-7/h7H,1-6,10H2,(H,11,12,13). The van der Waals surface area contributed by atoms with Gasteiger partial charge in [-0.05, 0) is 25.1 Å². The number of hydrogen-bond donors (Lipinski definition) is 2. The topological polar surface area (TPSA) is 67.6 Å². The molecular formula is C9H16N4S. The molecule has 1 atom stereocenters. The number of nitrogens with zero attached hydrogens (tertiary/aromatic N) is 2. The Labute approximate surface area is 88.1 Å². The van der Waals surface area contributed by atoms with Gasteiger partial charge in [-0.15, -0.1) is 0 Å². The number of hydrogen-bond acceptors (Lipinski definition) is 4. The minimum absolute atomic E-state index is 0.506. The third-order valence-corrected chi connectivity index (χ3v) is 3.77. The van der Waals surface area contributed by atoms with Crippen molar-refractivity contribution >= 4 is 11.8 Å². The van der Waals surface area contributed by atoms with Gasteiger partial charge in [-0.3, -0.25) is 5.10 Å². The Balaban J connectivity index is 2.00. The molecule has 0 saturated carbocycles. The normalized spacial score (nSPS) is 22.5. The molecule has 0 amide bonds. The van der Waals surface area contributed by atoms with E-state index in [1.807, 2.05) is 11.8 Å². The van der Waals surface area contributed by atoms with Crippen molar-refractivity contribution in [2.24, 2.45) is 5.73 Å². The van der Waals surface area contributed by atoms with Crippen LogP contribution in [0.1, 0.15) is 36.2 Å². The zero-order chi connectivity index (χ0) is 9.80. The van der Waals surface area contributed by atoms with E-state index >= 15 is 0 Å². The van der Waals surface area contributed by atoms with Crippen molar-refractivity contribution in [3.05, 3.63) is 11.6 Å². The molecule has 0 spiro atoms. The third-order valence-electron chi connectivity index (χ3n) is 2.40. The maximum Gasteiger partial charge on any atom is 0.163 e. The van der Waals surface area contributed by atoms with E-state index in [2.05, 4.69) is 15.2 Å². The molecule has 4 nitrogen and oxygen atoms in total. The summed E-state index contributed by atoms with van der Waals surface area (Å²) in [7, 11) is 0. The second kappa shape index (κ2) is 4.79. The summed E-state index contributed by atoms with van der Waals surface area (Å²) in [5.41, 5.74) is 5.46. The minimum Gasteiger partial charge on any atom is -0.330 e. The molecule has 78 valence electrons. The van der Waals surface area contributed by atoms with Crippen LogP contribution >= 0.6 is 11.8 Å². The average molecular weight is 212 g/mol. The molecule has 0 radical (unpaired) electrons. The molecule has 1 unspecified atom stereocenters. The van der Waals surface area contributed by atoms with Crippen molar-refractivity contribution in [1.29, 1.82) is 0 Å². The molecule has 0 bridgehead atoms. The summed E-state index contributed by atoms with van der Waals surface area (Å²) in [5.74, 6) is 3.14. The van der Waals surface area contributed by atoms with Crippen LogP contribution in [0.3, 0.4) is 0 Å². The zero-order valence-corrected chi connectivity index (χ0v) is 9.02. The molecule has 1 fully saturated rings. The van der Waals surface area contributed by atoms with Crippen molar-refractivity contribution in [3.8, 4) is 0 Å². The SMILES string of the molecule is NCCc1nc(C2CCCCS2)n[nH]1. The largest absolute Gasteiger partial charge is 0.330 e. The Bertz CT molecular complexity index is 280. The Morgan fingerprint density at radius 1 is 1.50 bits per heavy atom. The van der Waals surface area contributed by atoms with E-state index < -0.39 is 0 Å². The van der Waals surface area contributed by atoms with Crippen molar-refractivity contribution in [3.63, 3.8) is 0 Å². The van der Waals surface area contributed by atoms with E-state index in [4.69, 9.17) is 5.73 Å². The van der Waals surface area contributed by atoms with Gasteiger partial charge >= 0.3 is 0 Å². The Hall–Kier alpha value is -0.550. The van der Waals surface area contributed by atoms with Gasteiger partial charge in [-0.25, -0.2) is 4.98 Å². The fourth-order valence-corrected chi connectivity index (χ4v) is 2.89. The van der Waals surface area contributed by atoms with Crippen LogP contribution in [0.25, 0.3) is 0 Å². The summed E-state index contributed by atoms with van der Waals surface area (Å²) in [4.78, 5) is 4.46. The molecule has 0 aromatic carbocycles. The summed E-state index contributed by atoms with van der Waals surface area (Å²) in [6, 6.07) is 0. The molecule has 2 heterocycles. The van der Waals surface area contributed by atoms with E-state index in [-0.39, 0.29) is 0 Å². The quantitative estimate of drug-likeness (QED) is 0.791. The monoisotopic (exact) mass is 212 g/mol. The number of thioether (sulfide) groups is 1. The third kappa shape index (κ3) is 2.27. The predicted octanol–water partition coefficient (Wildman–Crippen LogP) is 1.26. The lowest BCUT2D eigenvalue weighted by Gasteiger charge is -2.17. The number of rotatable bonds is 3. The van der Waals surface area contributed by atoms with E-state index in [0.29, 0.717) is 11.8 Å². The van der Waals surface area contributed by atoms with Gasteiger partial charge < -0.3 is 5.73 Å². The van der Waals surface area contributed by atoms with Crippen molar-refractivity contribution in [1.82, 2.24) is 15.2 Å². The first kappa shape index (κ1) is 9.98. The van der Waals surface area contributed by atoms with Gasteiger partial charge in [0.15, 0.2) is 5.82 Å². The molecule has 14 heavy (non-hydrogen) atoms. The van der Waals surface area contributed by atoms with E-state index in [9.17, 15) is 0 Å². The first-order valence-corrected chi connectivity index (χ1v) is 6.18.